The molecule has 1 aromatic carbocycles. The summed E-state index contributed by atoms with van der Waals surface area (Å²) in [6, 6.07) is 11.7. The second kappa shape index (κ2) is 8.05. The number of aryl methyl sites for hydroxylation is 1. The zero-order valence-corrected chi connectivity index (χ0v) is 16.1. The van der Waals surface area contributed by atoms with Crippen molar-refractivity contribution in [3.8, 4) is 6.07 Å². The summed E-state index contributed by atoms with van der Waals surface area (Å²) in [7, 11) is 0. The van der Waals surface area contributed by atoms with Crippen molar-refractivity contribution in [3.63, 3.8) is 0 Å². The maximum atomic E-state index is 12.3. The number of para-hydroxylation sites is 1. The van der Waals surface area contributed by atoms with Crippen LogP contribution in [0, 0.1) is 25.2 Å². The van der Waals surface area contributed by atoms with Gasteiger partial charge in [0, 0.05) is 29.3 Å². The van der Waals surface area contributed by atoms with Crippen LogP contribution in [-0.2, 0) is 16.0 Å². The quantitative estimate of drug-likeness (QED) is 0.687. The molecule has 0 saturated carbocycles. The summed E-state index contributed by atoms with van der Waals surface area (Å²) in [5.41, 5.74) is 3.49. The van der Waals surface area contributed by atoms with Gasteiger partial charge in [-0.05, 0) is 50.5 Å². The summed E-state index contributed by atoms with van der Waals surface area (Å²) in [5, 5.41) is 10.1. The summed E-state index contributed by atoms with van der Waals surface area (Å²) in [6.07, 6.45) is 1.85. The third-order valence-electron chi connectivity index (χ3n) is 4.89. The normalized spacial score (nSPS) is 11.8. The number of rotatable bonds is 5. The summed E-state index contributed by atoms with van der Waals surface area (Å²) in [5.74, 6) is -0.343. The Balaban J connectivity index is 1.69. The number of aromatic nitrogens is 2. The van der Waals surface area contributed by atoms with Crippen LogP contribution in [0.15, 0.2) is 41.3 Å². The molecule has 28 heavy (non-hydrogen) atoms. The van der Waals surface area contributed by atoms with Crippen LogP contribution in [0.25, 0.3) is 10.9 Å². The number of hydrogen-bond acceptors (Lipinski definition) is 5. The van der Waals surface area contributed by atoms with Crippen LogP contribution in [0.2, 0.25) is 0 Å². The molecule has 0 aliphatic carbocycles. The predicted molar refractivity (Wildman–Crippen MR) is 106 cm³/mol. The van der Waals surface area contributed by atoms with E-state index in [-0.39, 0.29) is 18.0 Å². The van der Waals surface area contributed by atoms with Crippen LogP contribution in [0.1, 0.15) is 47.4 Å². The molecule has 1 N–H and O–H groups in total. The first-order valence-electron chi connectivity index (χ1n) is 9.07. The first-order chi connectivity index (χ1) is 13.4. The van der Waals surface area contributed by atoms with Gasteiger partial charge in [0.2, 0.25) is 0 Å². The summed E-state index contributed by atoms with van der Waals surface area (Å²) < 4.78 is 5.55. The zero-order valence-electron chi connectivity index (χ0n) is 16.1. The van der Waals surface area contributed by atoms with Crippen molar-refractivity contribution < 1.29 is 9.53 Å². The molecule has 6 nitrogen and oxygen atoms in total. The SMILES string of the molecule is Cc1[nH]c(=O)c(C#N)c(C)c1CCC(=O)O[C@H](C)c1cnc2ccccc2c1. The van der Waals surface area contributed by atoms with Gasteiger partial charge in [0.05, 0.1) is 5.52 Å². The van der Waals surface area contributed by atoms with E-state index in [2.05, 4.69) is 9.97 Å². The van der Waals surface area contributed by atoms with E-state index in [1.807, 2.05) is 43.3 Å². The van der Waals surface area contributed by atoms with Crippen LogP contribution in [0.5, 0.6) is 0 Å². The van der Waals surface area contributed by atoms with Crippen molar-refractivity contribution in [1.29, 1.82) is 5.26 Å². The molecule has 2 aromatic heterocycles. The molecule has 0 saturated heterocycles. The molecule has 0 bridgehead atoms. The number of carbonyl (C=O) groups excluding carboxylic acids is 1. The highest BCUT2D eigenvalue weighted by Crippen LogP contribution is 2.22. The second-order valence-electron chi connectivity index (χ2n) is 6.76. The highest BCUT2D eigenvalue weighted by Gasteiger charge is 2.16. The fraction of sp³-hybridized carbons (Fsp3) is 0.273. The third kappa shape index (κ3) is 3.94. The van der Waals surface area contributed by atoms with Crippen LogP contribution >= 0.6 is 0 Å². The highest BCUT2D eigenvalue weighted by atomic mass is 16.5. The van der Waals surface area contributed by atoms with Gasteiger partial charge in [-0.1, -0.05) is 18.2 Å². The Bertz CT molecular complexity index is 1140. The third-order valence-corrected chi connectivity index (χ3v) is 4.89. The molecule has 0 fully saturated rings. The molecule has 3 rings (SSSR count). The minimum atomic E-state index is -0.419. The number of hydrogen-bond donors (Lipinski definition) is 1. The minimum absolute atomic E-state index is 0.0876. The molecule has 0 aliphatic rings. The molecule has 0 unspecified atom stereocenters. The Hall–Kier alpha value is -3.46. The van der Waals surface area contributed by atoms with Gasteiger partial charge in [0.15, 0.2) is 0 Å². The number of nitrogens with zero attached hydrogens (tertiary/aromatic N) is 2. The number of nitriles is 1. The second-order valence-corrected chi connectivity index (χ2v) is 6.76. The molecule has 142 valence electrons. The Morgan fingerprint density at radius 3 is 2.82 bits per heavy atom. The number of pyridine rings is 2. The fourth-order valence-corrected chi connectivity index (χ4v) is 3.28. The van der Waals surface area contributed by atoms with Gasteiger partial charge in [-0.3, -0.25) is 14.6 Å². The van der Waals surface area contributed by atoms with E-state index < -0.39 is 11.7 Å². The maximum Gasteiger partial charge on any atom is 0.306 e. The number of nitrogens with one attached hydrogen (secondary N) is 1. The Morgan fingerprint density at radius 1 is 1.32 bits per heavy atom. The lowest BCUT2D eigenvalue weighted by Crippen LogP contribution is -2.17. The average molecular weight is 375 g/mol. The topological polar surface area (TPSA) is 95.8 Å². The van der Waals surface area contributed by atoms with Gasteiger partial charge in [-0.15, -0.1) is 0 Å². The number of benzene rings is 1. The molecule has 6 heteroatoms. The lowest BCUT2D eigenvalue weighted by molar-refractivity contribution is -0.148. The van der Waals surface area contributed by atoms with Gasteiger partial charge in [-0.2, -0.15) is 5.26 Å². The van der Waals surface area contributed by atoms with Crippen LogP contribution in [0.4, 0.5) is 0 Å². The first-order valence-corrected chi connectivity index (χ1v) is 9.07. The van der Waals surface area contributed by atoms with Crippen molar-refractivity contribution >= 4 is 16.9 Å². The number of aromatic amines is 1. The van der Waals surface area contributed by atoms with Gasteiger partial charge in [0.1, 0.15) is 17.7 Å². The molecular formula is C22H21N3O3. The van der Waals surface area contributed by atoms with Gasteiger partial charge in [-0.25, -0.2) is 0 Å². The van der Waals surface area contributed by atoms with E-state index in [4.69, 9.17) is 10.00 Å². The molecular weight excluding hydrogens is 354 g/mol. The molecule has 3 aromatic rings. The lowest BCUT2D eigenvalue weighted by Gasteiger charge is -2.15. The summed E-state index contributed by atoms with van der Waals surface area (Å²) >= 11 is 0. The van der Waals surface area contributed by atoms with Crippen LogP contribution in [-0.4, -0.2) is 15.9 Å². The zero-order chi connectivity index (χ0) is 20.3. The van der Waals surface area contributed by atoms with Gasteiger partial charge < -0.3 is 9.72 Å². The van der Waals surface area contributed by atoms with E-state index in [1.165, 1.54) is 0 Å². The van der Waals surface area contributed by atoms with Gasteiger partial charge in [0.25, 0.3) is 5.56 Å². The Labute approximate surface area is 162 Å². The number of fused-ring (bicyclic) bond motifs is 1. The first kappa shape index (κ1) is 19.3. The van der Waals surface area contributed by atoms with Crippen molar-refractivity contribution in [2.45, 2.75) is 39.7 Å². The van der Waals surface area contributed by atoms with E-state index in [9.17, 15) is 9.59 Å². The van der Waals surface area contributed by atoms with Crippen LogP contribution < -0.4 is 5.56 Å². The minimum Gasteiger partial charge on any atom is -0.458 e. The smallest absolute Gasteiger partial charge is 0.306 e. The Kier molecular flexibility index (Phi) is 5.55. The lowest BCUT2D eigenvalue weighted by atomic mass is 9.99. The Morgan fingerprint density at radius 2 is 2.07 bits per heavy atom. The summed E-state index contributed by atoms with van der Waals surface area (Å²) in [4.78, 5) is 31.2. The monoisotopic (exact) mass is 375 g/mol. The maximum absolute atomic E-state index is 12.3. The molecule has 2 heterocycles. The van der Waals surface area contributed by atoms with E-state index in [0.717, 1.165) is 22.0 Å². The largest absolute Gasteiger partial charge is 0.458 e. The predicted octanol–water partition coefficient (Wildman–Crippen LogP) is 3.65. The number of carbonyl (C=O) groups is 1. The number of ether oxygens (including phenoxy) is 1. The highest BCUT2D eigenvalue weighted by molar-refractivity contribution is 5.79. The average Bonchev–Trinajstić information content (AvgIpc) is 2.67. The molecule has 0 radical (unpaired) electrons. The molecule has 0 aliphatic heterocycles. The van der Waals surface area contributed by atoms with E-state index in [0.29, 0.717) is 17.7 Å². The van der Waals surface area contributed by atoms with Crippen LogP contribution in [0.3, 0.4) is 0 Å². The number of H-pyrrole nitrogens is 1. The van der Waals surface area contributed by atoms with Crippen molar-refractivity contribution in [3.05, 3.63) is 74.8 Å². The number of esters is 1. The van der Waals surface area contributed by atoms with E-state index >= 15 is 0 Å². The van der Waals surface area contributed by atoms with Crippen molar-refractivity contribution in [2.24, 2.45) is 0 Å². The fourth-order valence-electron chi connectivity index (χ4n) is 3.28. The molecule has 0 spiro atoms. The summed E-state index contributed by atoms with van der Waals surface area (Å²) in [6.45, 7) is 5.30. The molecule has 1 atom stereocenters. The van der Waals surface area contributed by atoms with Gasteiger partial charge >= 0.3 is 5.97 Å². The van der Waals surface area contributed by atoms with Crippen molar-refractivity contribution in [1.82, 2.24) is 9.97 Å². The molecule has 0 amide bonds. The van der Waals surface area contributed by atoms with Crippen molar-refractivity contribution in [2.75, 3.05) is 0 Å². The van der Waals surface area contributed by atoms with E-state index in [1.54, 1.807) is 20.0 Å². The standard InChI is InChI=1S/C22H21N3O3/c1-13-18(14(2)25-22(27)19(13)11-23)8-9-21(26)28-15(3)17-10-16-6-4-5-7-20(16)24-12-17/h4-7,10,12,15H,8-9H2,1-3H3,(H,25,27)/t15-/m1/s1.